The zero-order chi connectivity index (χ0) is 23.5. The molecule has 1 fully saturated rings. The van der Waals surface area contributed by atoms with Gasteiger partial charge in [-0.25, -0.2) is 4.98 Å². The third kappa shape index (κ3) is 4.68. The highest BCUT2D eigenvalue weighted by atomic mass is 16.5. The van der Waals surface area contributed by atoms with Crippen molar-refractivity contribution in [1.29, 1.82) is 0 Å². The van der Waals surface area contributed by atoms with E-state index in [4.69, 9.17) is 9.72 Å². The van der Waals surface area contributed by atoms with Crippen molar-refractivity contribution in [2.45, 2.75) is 38.5 Å². The molecule has 0 aliphatic carbocycles. The van der Waals surface area contributed by atoms with E-state index in [2.05, 4.69) is 4.57 Å². The standard InChI is InChI=1S/C28H29N3O3/c1-20-9-5-8-14-26(20)34-19-23(32)18-31-25-13-7-6-12-24(25)29-28(31)22-15-27(33)30(17-22)16-21-10-3-2-4-11-21/h2-14,22-23,32H,15-19H2,1H3/t22-,23-/m1/s1. The number of para-hydroxylation sites is 3. The van der Waals surface area contributed by atoms with Crippen molar-refractivity contribution in [3.63, 3.8) is 0 Å². The third-order valence-corrected chi connectivity index (χ3v) is 6.40. The van der Waals surface area contributed by atoms with Gasteiger partial charge in [-0.1, -0.05) is 60.7 Å². The Hall–Kier alpha value is -3.64. The minimum atomic E-state index is -0.714. The van der Waals surface area contributed by atoms with Gasteiger partial charge in [-0.3, -0.25) is 4.79 Å². The number of ether oxygens (including phenoxy) is 1. The SMILES string of the molecule is Cc1ccccc1OC[C@H](O)Cn1c([C@@H]2CC(=O)N(Cc3ccccc3)C2)nc2ccccc21. The van der Waals surface area contributed by atoms with Gasteiger partial charge in [0.25, 0.3) is 0 Å². The average molecular weight is 456 g/mol. The lowest BCUT2D eigenvalue weighted by Crippen LogP contribution is -2.26. The maximum absolute atomic E-state index is 12.8. The fraction of sp³-hybridized carbons (Fsp3) is 0.286. The Morgan fingerprint density at radius 1 is 1.03 bits per heavy atom. The Morgan fingerprint density at radius 3 is 2.59 bits per heavy atom. The van der Waals surface area contributed by atoms with Crippen LogP contribution in [0.3, 0.4) is 0 Å². The number of carbonyl (C=O) groups is 1. The van der Waals surface area contributed by atoms with Gasteiger partial charge in [0.05, 0.1) is 17.6 Å². The molecule has 1 amide bonds. The number of aliphatic hydroxyl groups excluding tert-OH is 1. The number of nitrogens with zero attached hydrogens (tertiary/aromatic N) is 3. The molecule has 0 bridgehead atoms. The Balaban J connectivity index is 1.35. The minimum Gasteiger partial charge on any atom is -0.491 e. The van der Waals surface area contributed by atoms with Crippen LogP contribution in [0.2, 0.25) is 0 Å². The molecule has 174 valence electrons. The average Bonchev–Trinajstić information content (AvgIpc) is 3.39. The molecule has 1 aliphatic rings. The summed E-state index contributed by atoms with van der Waals surface area (Å²) in [5.41, 5.74) is 3.99. The predicted molar refractivity (Wildman–Crippen MR) is 132 cm³/mol. The maximum atomic E-state index is 12.8. The first-order valence-electron chi connectivity index (χ1n) is 11.7. The van der Waals surface area contributed by atoms with Crippen molar-refractivity contribution >= 4 is 16.9 Å². The molecule has 1 aromatic heterocycles. The number of amides is 1. The zero-order valence-electron chi connectivity index (χ0n) is 19.3. The number of likely N-dealkylation sites (tertiary alicyclic amines) is 1. The number of hydrogen-bond acceptors (Lipinski definition) is 4. The third-order valence-electron chi connectivity index (χ3n) is 6.40. The van der Waals surface area contributed by atoms with E-state index < -0.39 is 6.10 Å². The molecule has 3 aromatic carbocycles. The molecule has 0 spiro atoms. The van der Waals surface area contributed by atoms with Gasteiger partial charge in [0.2, 0.25) is 5.91 Å². The highest BCUT2D eigenvalue weighted by molar-refractivity contribution is 5.81. The van der Waals surface area contributed by atoms with E-state index in [1.165, 1.54) is 0 Å². The topological polar surface area (TPSA) is 67.6 Å². The molecule has 4 aromatic rings. The van der Waals surface area contributed by atoms with Gasteiger partial charge in [0, 0.05) is 25.4 Å². The van der Waals surface area contributed by atoms with Crippen LogP contribution < -0.4 is 4.74 Å². The van der Waals surface area contributed by atoms with Gasteiger partial charge in [-0.15, -0.1) is 0 Å². The summed E-state index contributed by atoms with van der Waals surface area (Å²) in [5, 5.41) is 10.8. The van der Waals surface area contributed by atoms with Gasteiger partial charge >= 0.3 is 0 Å². The Kier molecular flexibility index (Phi) is 6.32. The van der Waals surface area contributed by atoms with Crippen LogP contribution >= 0.6 is 0 Å². The molecule has 1 saturated heterocycles. The number of hydrogen-bond donors (Lipinski definition) is 1. The monoisotopic (exact) mass is 455 g/mol. The van der Waals surface area contributed by atoms with Crippen LogP contribution in [0, 0.1) is 6.92 Å². The van der Waals surface area contributed by atoms with E-state index in [0.29, 0.717) is 26.1 Å². The van der Waals surface area contributed by atoms with E-state index in [0.717, 1.165) is 33.7 Å². The summed E-state index contributed by atoms with van der Waals surface area (Å²) in [6.07, 6.45) is -0.292. The summed E-state index contributed by atoms with van der Waals surface area (Å²) in [6.45, 7) is 3.74. The van der Waals surface area contributed by atoms with E-state index in [1.54, 1.807) is 0 Å². The highest BCUT2D eigenvalue weighted by Gasteiger charge is 2.34. The van der Waals surface area contributed by atoms with Crippen LogP contribution in [0.1, 0.15) is 29.3 Å². The van der Waals surface area contributed by atoms with E-state index in [-0.39, 0.29) is 18.4 Å². The molecule has 1 aliphatic heterocycles. The number of rotatable bonds is 8. The number of aromatic nitrogens is 2. The molecular weight excluding hydrogens is 426 g/mol. The Bertz CT molecular complexity index is 1280. The molecule has 1 N–H and O–H groups in total. The van der Waals surface area contributed by atoms with E-state index >= 15 is 0 Å². The zero-order valence-corrected chi connectivity index (χ0v) is 19.3. The number of carbonyl (C=O) groups excluding carboxylic acids is 1. The molecule has 6 heteroatoms. The lowest BCUT2D eigenvalue weighted by molar-refractivity contribution is -0.128. The number of benzene rings is 3. The van der Waals surface area contributed by atoms with Crippen molar-refractivity contribution in [1.82, 2.24) is 14.5 Å². The van der Waals surface area contributed by atoms with Crippen LogP contribution in [0.25, 0.3) is 11.0 Å². The number of imidazole rings is 1. The van der Waals surface area contributed by atoms with Crippen LogP contribution in [0.15, 0.2) is 78.9 Å². The molecular formula is C28H29N3O3. The smallest absolute Gasteiger partial charge is 0.223 e. The van der Waals surface area contributed by atoms with Crippen molar-refractivity contribution in [3.05, 3.63) is 95.8 Å². The molecule has 5 rings (SSSR count). The van der Waals surface area contributed by atoms with Gasteiger partial charge in [0.15, 0.2) is 0 Å². The van der Waals surface area contributed by atoms with Gasteiger partial charge in [-0.05, 0) is 36.2 Å². The summed E-state index contributed by atoms with van der Waals surface area (Å²) in [7, 11) is 0. The molecule has 6 nitrogen and oxygen atoms in total. The number of fused-ring (bicyclic) bond motifs is 1. The fourth-order valence-corrected chi connectivity index (χ4v) is 4.67. The molecule has 2 heterocycles. The van der Waals surface area contributed by atoms with Gasteiger partial charge in [0.1, 0.15) is 24.3 Å². The van der Waals surface area contributed by atoms with Crippen molar-refractivity contribution < 1.29 is 14.6 Å². The van der Waals surface area contributed by atoms with E-state index in [9.17, 15) is 9.90 Å². The van der Waals surface area contributed by atoms with Crippen LogP contribution in [-0.2, 0) is 17.9 Å². The minimum absolute atomic E-state index is 0.0203. The molecule has 0 radical (unpaired) electrons. The van der Waals surface area contributed by atoms with Crippen molar-refractivity contribution in [2.24, 2.45) is 0 Å². The largest absolute Gasteiger partial charge is 0.491 e. The summed E-state index contributed by atoms with van der Waals surface area (Å²) in [5.74, 6) is 1.74. The quantitative estimate of drug-likeness (QED) is 0.430. The number of aryl methyl sites for hydroxylation is 1. The van der Waals surface area contributed by atoms with Crippen molar-refractivity contribution in [2.75, 3.05) is 13.2 Å². The summed E-state index contributed by atoms with van der Waals surface area (Å²) < 4.78 is 7.94. The Labute approximate surface area is 199 Å². The molecule has 34 heavy (non-hydrogen) atoms. The second kappa shape index (κ2) is 9.69. The second-order valence-corrected chi connectivity index (χ2v) is 8.96. The van der Waals surface area contributed by atoms with E-state index in [1.807, 2.05) is 90.7 Å². The fourth-order valence-electron chi connectivity index (χ4n) is 4.67. The van der Waals surface area contributed by atoms with Gasteiger partial charge < -0.3 is 19.3 Å². The van der Waals surface area contributed by atoms with Gasteiger partial charge in [-0.2, -0.15) is 0 Å². The lowest BCUT2D eigenvalue weighted by Gasteiger charge is -2.19. The van der Waals surface area contributed by atoms with Crippen LogP contribution in [0.5, 0.6) is 5.75 Å². The first kappa shape index (κ1) is 22.2. The molecule has 2 atom stereocenters. The maximum Gasteiger partial charge on any atom is 0.223 e. The van der Waals surface area contributed by atoms with Crippen LogP contribution in [0.4, 0.5) is 0 Å². The molecule has 0 saturated carbocycles. The normalized spacial score (nSPS) is 16.8. The summed E-state index contributed by atoms with van der Waals surface area (Å²) in [4.78, 5) is 19.6. The van der Waals surface area contributed by atoms with Crippen LogP contribution in [-0.4, -0.2) is 44.7 Å². The number of aliphatic hydroxyl groups is 1. The predicted octanol–water partition coefficient (Wildman–Crippen LogP) is 4.30. The Morgan fingerprint density at radius 2 is 1.76 bits per heavy atom. The summed E-state index contributed by atoms with van der Waals surface area (Å²) in [6, 6.07) is 25.8. The highest BCUT2D eigenvalue weighted by Crippen LogP contribution is 2.31. The second-order valence-electron chi connectivity index (χ2n) is 8.96. The molecule has 0 unspecified atom stereocenters. The first-order valence-corrected chi connectivity index (χ1v) is 11.7. The van der Waals surface area contributed by atoms with Crippen molar-refractivity contribution in [3.8, 4) is 5.75 Å². The lowest BCUT2D eigenvalue weighted by atomic mass is 10.1. The first-order chi connectivity index (χ1) is 16.6. The summed E-state index contributed by atoms with van der Waals surface area (Å²) >= 11 is 0.